The molecule has 1 aromatic carbocycles. The fraction of sp³-hybridized carbons (Fsp3) is 0.353. The fourth-order valence-electron chi connectivity index (χ4n) is 3.30. The zero-order valence-corrected chi connectivity index (χ0v) is 13.0. The SMILES string of the molecule is CC1CCc2c(sc3nc(-c4ccccc4)c(CN)n23)C1. The largest absolute Gasteiger partial charge is 0.325 e. The van der Waals surface area contributed by atoms with E-state index >= 15 is 0 Å². The van der Waals surface area contributed by atoms with Crippen molar-refractivity contribution in [2.45, 2.75) is 32.7 Å². The molecule has 1 aliphatic carbocycles. The van der Waals surface area contributed by atoms with Gasteiger partial charge in [-0.25, -0.2) is 4.98 Å². The molecule has 3 aromatic rings. The highest BCUT2D eigenvalue weighted by Crippen LogP contribution is 2.36. The highest BCUT2D eigenvalue weighted by Gasteiger charge is 2.24. The number of thiazole rings is 1. The van der Waals surface area contributed by atoms with E-state index < -0.39 is 0 Å². The first-order valence-electron chi connectivity index (χ1n) is 7.55. The lowest BCUT2D eigenvalue weighted by Gasteiger charge is -2.18. The second kappa shape index (κ2) is 4.97. The molecule has 1 unspecified atom stereocenters. The van der Waals surface area contributed by atoms with Gasteiger partial charge in [-0.1, -0.05) is 37.3 Å². The first-order chi connectivity index (χ1) is 10.3. The average molecular weight is 297 g/mol. The smallest absolute Gasteiger partial charge is 0.194 e. The van der Waals surface area contributed by atoms with Gasteiger partial charge >= 0.3 is 0 Å². The van der Waals surface area contributed by atoms with Gasteiger partial charge < -0.3 is 5.73 Å². The number of fused-ring (bicyclic) bond motifs is 3. The summed E-state index contributed by atoms with van der Waals surface area (Å²) in [6.07, 6.45) is 3.60. The number of benzene rings is 1. The van der Waals surface area contributed by atoms with E-state index in [-0.39, 0.29) is 0 Å². The van der Waals surface area contributed by atoms with Gasteiger partial charge in [-0.3, -0.25) is 4.40 Å². The number of nitrogens with two attached hydrogens (primary N) is 1. The van der Waals surface area contributed by atoms with Gasteiger partial charge in [0.1, 0.15) is 0 Å². The molecule has 3 nitrogen and oxygen atoms in total. The molecule has 1 atom stereocenters. The Morgan fingerprint density at radius 3 is 2.90 bits per heavy atom. The molecule has 2 N–H and O–H groups in total. The number of imidazole rings is 1. The van der Waals surface area contributed by atoms with Crippen LogP contribution in [0.3, 0.4) is 0 Å². The van der Waals surface area contributed by atoms with Crippen molar-refractivity contribution in [2.75, 3.05) is 0 Å². The molecule has 0 bridgehead atoms. The van der Waals surface area contributed by atoms with Gasteiger partial charge in [-0.05, 0) is 25.2 Å². The molecule has 1 aliphatic rings. The van der Waals surface area contributed by atoms with Crippen molar-refractivity contribution in [2.24, 2.45) is 11.7 Å². The van der Waals surface area contributed by atoms with E-state index in [2.05, 4.69) is 35.6 Å². The molecule has 0 radical (unpaired) electrons. The maximum atomic E-state index is 6.06. The normalized spacial score (nSPS) is 18.1. The third-order valence-electron chi connectivity index (χ3n) is 4.40. The molecular formula is C17H19N3S. The summed E-state index contributed by atoms with van der Waals surface area (Å²) < 4.78 is 2.33. The summed E-state index contributed by atoms with van der Waals surface area (Å²) in [5, 5.41) is 0. The summed E-state index contributed by atoms with van der Waals surface area (Å²) in [6.45, 7) is 2.87. The van der Waals surface area contributed by atoms with Crippen molar-refractivity contribution in [1.29, 1.82) is 0 Å². The Labute approximate surface area is 128 Å². The number of aryl methyl sites for hydroxylation is 1. The summed E-state index contributed by atoms with van der Waals surface area (Å²) in [5.41, 5.74) is 10.9. The lowest BCUT2D eigenvalue weighted by Crippen LogP contribution is -2.13. The third-order valence-corrected chi connectivity index (χ3v) is 5.50. The van der Waals surface area contributed by atoms with Crippen molar-refractivity contribution in [3.05, 3.63) is 46.6 Å². The number of hydrogen-bond acceptors (Lipinski definition) is 3. The summed E-state index contributed by atoms with van der Waals surface area (Å²) in [5.74, 6) is 0.788. The number of aromatic nitrogens is 2. The maximum Gasteiger partial charge on any atom is 0.194 e. The van der Waals surface area contributed by atoms with E-state index in [1.807, 2.05) is 17.4 Å². The lowest BCUT2D eigenvalue weighted by atomic mass is 9.93. The summed E-state index contributed by atoms with van der Waals surface area (Å²) >= 11 is 1.84. The Hall–Kier alpha value is -1.65. The molecule has 21 heavy (non-hydrogen) atoms. The first-order valence-corrected chi connectivity index (χ1v) is 8.37. The third kappa shape index (κ3) is 2.01. The van der Waals surface area contributed by atoms with Crippen LogP contribution in [-0.4, -0.2) is 9.38 Å². The van der Waals surface area contributed by atoms with Crippen molar-refractivity contribution in [3.8, 4) is 11.3 Å². The highest BCUT2D eigenvalue weighted by atomic mass is 32.1. The Kier molecular flexibility index (Phi) is 3.08. The quantitative estimate of drug-likeness (QED) is 0.784. The average Bonchev–Trinajstić information content (AvgIpc) is 3.02. The summed E-state index contributed by atoms with van der Waals surface area (Å²) in [7, 11) is 0. The highest BCUT2D eigenvalue weighted by molar-refractivity contribution is 7.17. The van der Waals surface area contributed by atoms with Crippen LogP contribution >= 0.6 is 11.3 Å². The van der Waals surface area contributed by atoms with Gasteiger partial charge in [0, 0.05) is 22.7 Å². The molecule has 0 spiro atoms. The van der Waals surface area contributed by atoms with Gasteiger partial charge in [-0.15, -0.1) is 11.3 Å². The first kappa shape index (κ1) is 13.0. The van der Waals surface area contributed by atoms with Gasteiger partial charge in [0.25, 0.3) is 0 Å². The Morgan fingerprint density at radius 1 is 1.33 bits per heavy atom. The molecule has 0 saturated carbocycles. The standard InChI is InChI=1S/C17H19N3S/c1-11-7-8-13-15(9-11)21-17-19-16(14(10-18)20(13)17)12-5-3-2-4-6-12/h2-6,11H,7-10,18H2,1H3. The molecule has 0 fully saturated rings. The van der Waals surface area contributed by atoms with Gasteiger partial charge in [0.2, 0.25) is 0 Å². The fourth-order valence-corrected chi connectivity index (χ4v) is 4.65. The van der Waals surface area contributed by atoms with E-state index in [0.29, 0.717) is 6.54 Å². The van der Waals surface area contributed by atoms with Crippen LogP contribution in [0.2, 0.25) is 0 Å². The zero-order chi connectivity index (χ0) is 14.4. The van der Waals surface area contributed by atoms with Crippen LogP contribution < -0.4 is 5.73 Å². The van der Waals surface area contributed by atoms with Gasteiger partial charge in [0.15, 0.2) is 4.96 Å². The molecule has 4 rings (SSSR count). The number of hydrogen-bond donors (Lipinski definition) is 1. The second-order valence-corrected chi connectivity index (χ2v) is 6.98. The maximum absolute atomic E-state index is 6.06. The van der Waals surface area contributed by atoms with Crippen LogP contribution in [0.25, 0.3) is 16.2 Å². The number of rotatable bonds is 2. The molecule has 108 valence electrons. The molecule has 0 aliphatic heterocycles. The Bertz CT molecular complexity index is 785. The van der Waals surface area contributed by atoms with Crippen LogP contribution in [-0.2, 0) is 19.4 Å². The minimum atomic E-state index is 0.532. The molecule has 2 aromatic heterocycles. The van der Waals surface area contributed by atoms with Gasteiger partial charge in [-0.2, -0.15) is 0 Å². The Morgan fingerprint density at radius 2 is 2.14 bits per heavy atom. The zero-order valence-electron chi connectivity index (χ0n) is 12.2. The molecule has 0 saturated heterocycles. The second-order valence-electron chi connectivity index (χ2n) is 5.92. The van der Waals surface area contributed by atoms with Crippen molar-refractivity contribution < 1.29 is 0 Å². The van der Waals surface area contributed by atoms with E-state index in [0.717, 1.165) is 34.3 Å². The van der Waals surface area contributed by atoms with Crippen molar-refractivity contribution in [1.82, 2.24) is 9.38 Å². The van der Waals surface area contributed by atoms with Crippen molar-refractivity contribution in [3.63, 3.8) is 0 Å². The predicted molar refractivity (Wildman–Crippen MR) is 87.6 cm³/mol. The minimum absolute atomic E-state index is 0.532. The number of nitrogens with zero attached hydrogens (tertiary/aromatic N) is 2. The lowest BCUT2D eigenvalue weighted by molar-refractivity contribution is 0.498. The van der Waals surface area contributed by atoms with Crippen LogP contribution in [0.1, 0.15) is 29.6 Å². The van der Waals surface area contributed by atoms with Crippen LogP contribution in [0.15, 0.2) is 30.3 Å². The van der Waals surface area contributed by atoms with E-state index in [9.17, 15) is 0 Å². The molecule has 2 heterocycles. The van der Waals surface area contributed by atoms with E-state index in [1.54, 1.807) is 0 Å². The van der Waals surface area contributed by atoms with Crippen LogP contribution in [0, 0.1) is 5.92 Å². The van der Waals surface area contributed by atoms with Crippen LogP contribution in [0.5, 0.6) is 0 Å². The minimum Gasteiger partial charge on any atom is -0.325 e. The van der Waals surface area contributed by atoms with Gasteiger partial charge in [0.05, 0.1) is 11.4 Å². The van der Waals surface area contributed by atoms with E-state index in [1.165, 1.54) is 23.4 Å². The van der Waals surface area contributed by atoms with Crippen molar-refractivity contribution >= 4 is 16.3 Å². The molecule has 4 heteroatoms. The summed E-state index contributed by atoms with van der Waals surface area (Å²) in [4.78, 5) is 7.50. The molecule has 0 amide bonds. The Balaban J connectivity index is 1.94. The predicted octanol–water partition coefficient (Wildman–Crippen LogP) is 3.65. The van der Waals surface area contributed by atoms with E-state index in [4.69, 9.17) is 10.7 Å². The van der Waals surface area contributed by atoms with Crippen LogP contribution in [0.4, 0.5) is 0 Å². The molecular weight excluding hydrogens is 278 g/mol. The monoisotopic (exact) mass is 297 g/mol. The topological polar surface area (TPSA) is 43.3 Å². The summed E-state index contributed by atoms with van der Waals surface area (Å²) in [6, 6.07) is 10.4.